The Labute approximate surface area is 173 Å². The lowest BCUT2D eigenvalue weighted by Gasteiger charge is -2.23. The molecule has 150 valence electrons. The molecule has 3 rings (SSSR count). The highest BCUT2D eigenvalue weighted by atomic mass is 35.5. The molecule has 0 fully saturated rings. The molecule has 1 atom stereocenters. The molecule has 1 N–H and O–H groups in total. The molecule has 28 heavy (non-hydrogen) atoms. The number of hydrogen-bond acceptors (Lipinski definition) is 6. The van der Waals surface area contributed by atoms with E-state index in [1.807, 2.05) is 20.8 Å². The monoisotopic (exact) mass is 424 g/mol. The average molecular weight is 425 g/mol. The van der Waals surface area contributed by atoms with Crippen LogP contribution in [-0.2, 0) is 20.6 Å². The van der Waals surface area contributed by atoms with Gasteiger partial charge < -0.3 is 14.7 Å². The Hall–Kier alpha value is -2.12. The Kier molecular flexibility index (Phi) is 5.42. The van der Waals surface area contributed by atoms with Gasteiger partial charge >= 0.3 is 0 Å². The molecule has 0 unspecified atom stereocenters. The van der Waals surface area contributed by atoms with Crippen LogP contribution < -0.4 is 5.32 Å². The van der Waals surface area contributed by atoms with Crippen molar-refractivity contribution in [1.29, 1.82) is 0 Å². The molecule has 1 aliphatic rings. The number of carbonyl (C=O) groups excluding carboxylic acids is 1. The second-order valence-corrected chi connectivity index (χ2v) is 9.09. The third kappa shape index (κ3) is 4.31. The first-order valence-electron chi connectivity index (χ1n) is 8.82. The van der Waals surface area contributed by atoms with Gasteiger partial charge in [-0.1, -0.05) is 60.4 Å². The summed E-state index contributed by atoms with van der Waals surface area (Å²) in [5.74, 6) is 0.576. The van der Waals surface area contributed by atoms with Crippen molar-refractivity contribution in [2.24, 2.45) is 5.16 Å². The number of nitrogens with one attached hydrogen (secondary N) is 1. The minimum atomic E-state index is -0.839. The Balaban J connectivity index is 1.68. The summed E-state index contributed by atoms with van der Waals surface area (Å²) in [6.07, 6.45) is -0.474. The van der Waals surface area contributed by atoms with Crippen LogP contribution in [0.3, 0.4) is 0 Å². The van der Waals surface area contributed by atoms with Crippen molar-refractivity contribution in [2.75, 3.05) is 0 Å². The van der Waals surface area contributed by atoms with Gasteiger partial charge in [0.1, 0.15) is 0 Å². The minimum Gasteiger partial charge on any atom is -0.382 e. The summed E-state index contributed by atoms with van der Waals surface area (Å²) >= 11 is 12.1. The predicted molar refractivity (Wildman–Crippen MR) is 107 cm³/mol. The minimum absolute atomic E-state index is 0.277. The van der Waals surface area contributed by atoms with Crippen molar-refractivity contribution >= 4 is 34.8 Å². The van der Waals surface area contributed by atoms with Crippen LogP contribution >= 0.6 is 23.2 Å². The molecule has 9 heteroatoms. The summed E-state index contributed by atoms with van der Waals surface area (Å²) in [5, 5.41) is 11.9. The number of nitrogens with zero attached hydrogens (tertiary/aromatic N) is 3. The van der Waals surface area contributed by atoms with E-state index in [4.69, 9.17) is 32.6 Å². The van der Waals surface area contributed by atoms with Crippen LogP contribution in [-0.4, -0.2) is 27.9 Å². The van der Waals surface area contributed by atoms with Crippen molar-refractivity contribution in [1.82, 2.24) is 15.5 Å². The van der Waals surface area contributed by atoms with Gasteiger partial charge in [0.25, 0.3) is 5.91 Å². The van der Waals surface area contributed by atoms with E-state index in [0.717, 1.165) is 0 Å². The standard InChI is InChI=1S/C19H22Cl2N4O3/c1-18(2,3)17-22-16(25-28-17)19(4,5)23-15(26)14-9-13(24-27-14)11-7-6-10(20)8-12(11)21/h6-8,14H,9H2,1-5H3,(H,23,26)/t14-/m0/s1. The summed E-state index contributed by atoms with van der Waals surface area (Å²) in [4.78, 5) is 22.5. The molecule has 0 bridgehead atoms. The second-order valence-electron chi connectivity index (χ2n) is 8.25. The van der Waals surface area contributed by atoms with Crippen LogP contribution in [0.25, 0.3) is 0 Å². The van der Waals surface area contributed by atoms with Gasteiger partial charge in [0.05, 0.1) is 16.3 Å². The number of oxime groups is 1. The van der Waals surface area contributed by atoms with Gasteiger partial charge in [-0.3, -0.25) is 4.79 Å². The molecule has 0 saturated heterocycles. The number of hydrogen-bond donors (Lipinski definition) is 1. The van der Waals surface area contributed by atoms with Crippen LogP contribution in [0, 0.1) is 0 Å². The summed E-state index contributed by atoms with van der Waals surface area (Å²) < 4.78 is 5.33. The second kappa shape index (κ2) is 7.37. The normalized spacial score (nSPS) is 17.2. The third-order valence-corrected chi connectivity index (χ3v) is 4.81. The Morgan fingerprint density at radius 1 is 1.21 bits per heavy atom. The lowest BCUT2D eigenvalue weighted by molar-refractivity contribution is -0.133. The molecule has 1 aliphatic heterocycles. The molecule has 1 amide bonds. The number of benzene rings is 1. The molecule has 0 saturated carbocycles. The summed E-state index contributed by atoms with van der Waals surface area (Å²) in [6, 6.07) is 5.09. The zero-order chi connectivity index (χ0) is 20.7. The topological polar surface area (TPSA) is 89.6 Å². The summed E-state index contributed by atoms with van der Waals surface area (Å²) in [7, 11) is 0. The molecule has 1 aromatic heterocycles. The SMILES string of the molecule is CC(C)(C)c1nc(C(C)(C)NC(=O)[C@@H]2CC(c3ccc(Cl)cc3Cl)=NO2)no1. The van der Waals surface area contributed by atoms with E-state index in [1.54, 1.807) is 32.0 Å². The lowest BCUT2D eigenvalue weighted by atomic mass is 9.96. The number of amides is 1. The van der Waals surface area contributed by atoms with E-state index in [9.17, 15) is 4.79 Å². The van der Waals surface area contributed by atoms with Crippen LogP contribution in [0.1, 0.15) is 58.3 Å². The summed E-state index contributed by atoms with van der Waals surface area (Å²) in [6.45, 7) is 9.53. The lowest BCUT2D eigenvalue weighted by Crippen LogP contribution is -2.46. The van der Waals surface area contributed by atoms with Crippen molar-refractivity contribution in [3.05, 3.63) is 45.5 Å². The number of aromatic nitrogens is 2. The maximum atomic E-state index is 12.7. The van der Waals surface area contributed by atoms with Crippen LogP contribution in [0.4, 0.5) is 0 Å². The highest BCUT2D eigenvalue weighted by Gasteiger charge is 2.36. The van der Waals surface area contributed by atoms with Gasteiger partial charge in [0, 0.05) is 22.4 Å². The summed E-state index contributed by atoms with van der Waals surface area (Å²) in [5.41, 5.74) is 0.164. The van der Waals surface area contributed by atoms with Gasteiger partial charge in [-0.2, -0.15) is 4.98 Å². The zero-order valence-corrected chi connectivity index (χ0v) is 17.9. The van der Waals surface area contributed by atoms with E-state index >= 15 is 0 Å². The molecule has 0 radical (unpaired) electrons. The molecule has 2 heterocycles. The number of halogens is 2. The fourth-order valence-electron chi connectivity index (χ4n) is 2.63. The first-order valence-corrected chi connectivity index (χ1v) is 9.58. The maximum absolute atomic E-state index is 12.7. The fourth-order valence-corrected chi connectivity index (χ4v) is 3.14. The molecule has 0 aliphatic carbocycles. The molecule has 2 aromatic rings. The maximum Gasteiger partial charge on any atom is 0.265 e. The van der Waals surface area contributed by atoms with E-state index in [0.29, 0.717) is 39.5 Å². The van der Waals surface area contributed by atoms with Crippen molar-refractivity contribution in [2.45, 2.75) is 58.1 Å². The van der Waals surface area contributed by atoms with E-state index in [2.05, 4.69) is 20.6 Å². The van der Waals surface area contributed by atoms with Gasteiger partial charge in [-0.25, -0.2) is 0 Å². The predicted octanol–water partition coefficient (Wildman–Crippen LogP) is 4.22. The molecule has 0 spiro atoms. The van der Waals surface area contributed by atoms with Crippen molar-refractivity contribution < 1.29 is 14.2 Å². The first kappa shape index (κ1) is 20.6. The first-order chi connectivity index (χ1) is 13.0. The Morgan fingerprint density at radius 3 is 2.54 bits per heavy atom. The van der Waals surface area contributed by atoms with E-state index < -0.39 is 11.6 Å². The van der Waals surface area contributed by atoms with Gasteiger partial charge in [-0.15, -0.1) is 0 Å². The third-order valence-electron chi connectivity index (χ3n) is 4.27. The highest BCUT2D eigenvalue weighted by Crippen LogP contribution is 2.27. The average Bonchev–Trinajstić information content (AvgIpc) is 3.24. The van der Waals surface area contributed by atoms with Crippen molar-refractivity contribution in [3.63, 3.8) is 0 Å². The van der Waals surface area contributed by atoms with Crippen LogP contribution in [0.15, 0.2) is 27.9 Å². The molecular formula is C19H22Cl2N4O3. The Bertz CT molecular complexity index is 932. The highest BCUT2D eigenvalue weighted by molar-refractivity contribution is 6.37. The molecular weight excluding hydrogens is 403 g/mol. The van der Waals surface area contributed by atoms with Gasteiger partial charge in [0.2, 0.25) is 12.0 Å². The van der Waals surface area contributed by atoms with E-state index in [1.165, 1.54) is 0 Å². The van der Waals surface area contributed by atoms with Gasteiger partial charge in [-0.05, 0) is 26.0 Å². The number of carbonyl (C=O) groups is 1. The van der Waals surface area contributed by atoms with Crippen molar-refractivity contribution in [3.8, 4) is 0 Å². The van der Waals surface area contributed by atoms with E-state index in [-0.39, 0.29) is 11.3 Å². The van der Waals surface area contributed by atoms with Crippen LogP contribution in [0.2, 0.25) is 10.0 Å². The Morgan fingerprint density at radius 2 is 1.93 bits per heavy atom. The van der Waals surface area contributed by atoms with Gasteiger partial charge in [0.15, 0.2) is 5.82 Å². The molecule has 7 nitrogen and oxygen atoms in total. The quantitative estimate of drug-likeness (QED) is 0.793. The largest absolute Gasteiger partial charge is 0.382 e. The molecule has 1 aromatic carbocycles. The number of rotatable bonds is 4. The zero-order valence-electron chi connectivity index (χ0n) is 16.3. The fraction of sp³-hybridized carbons (Fsp3) is 0.474. The van der Waals surface area contributed by atoms with Crippen LogP contribution in [0.5, 0.6) is 0 Å². The smallest absolute Gasteiger partial charge is 0.265 e.